The zero-order valence-electron chi connectivity index (χ0n) is 11.4. The number of nitrogens with two attached hydrogens (primary N) is 1. The van der Waals surface area contributed by atoms with Gasteiger partial charge in [0.2, 0.25) is 0 Å². The number of piperidine rings is 1. The maximum absolute atomic E-state index is 11.3. The Labute approximate surface area is 110 Å². The first-order valence-electron chi connectivity index (χ1n) is 6.69. The molecule has 2 bridgehead atoms. The molecule has 2 fully saturated rings. The molecule has 2 rings (SSSR count). The van der Waals surface area contributed by atoms with Crippen molar-refractivity contribution >= 4 is 9.84 Å². The molecular weight excluding hydrogens is 250 g/mol. The van der Waals surface area contributed by atoms with Crippen molar-refractivity contribution < 1.29 is 8.42 Å². The van der Waals surface area contributed by atoms with Gasteiger partial charge in [-0.25, -0.2) is 8.42 Å². The number of hydrogen-bond acceptors (Lipinski definition) is 5. The Kier molecular flexibility index (Phi) is 4.02. The van der Waals surface area contributed by atoms with Crippen LogP contribution in [0.25, 0.3) is 0 Å². The van der Waals surface area contributed by atoms with Crippen LogP contribution in [0.4, 0.5) is 0 Å². The summed E-state index contributed by atoms with van der Waals surface area (Å²) in [5.74, 6) is 0.822. The van der Waals surface area contributed by atoms with E-state index in [4.69, 9.17) is 5.73 Å². The molecule has 0 aliphatic carbocycles. The zero-order chi connectivity index (χ0) is 13.4. The third-order valence-electron chi connectivity index (χ3n) is 4.80. The fourth-order valence-electron chi connectivity index (χ4n) is 3.48. The Morgan fingerprint density at radius 1 is 1.44 bits per heavy atom. The van der Waals surface area contributed by atoms with Crippen LogP contribution in [0.5, 0.6) is 0 Å². The fraction of sp³-hybridized carbons (Fsp3) is 1.00. The van der Waals surface area contributed by atoms with Gasteiger partial charge in [0.1, 0.15) is 9.84 Å². The number of likely N-dealkylation sites (N-methyl/N-ethyl adjacent to an activating group) is 1. The number of sulfone groups is 1. The van der Waals surface area contributed by atoms with E-state index in [0.717, 1.165) is 19.5 Å². The van der Waals surface area contributed by atoms with Crippen molar-refractivity contribution in [3.63, 3.8) is 0 Å². The van der Waals surface area contributed by atoms with E-state index in [1.165, 1.54) is 19.2 Å². The predicted molar refractivity (Wildman–Crippen MR) is 73.3 cm³/mol. The molecule has 0 spiro atoms. The van der Waals surface area contributed by atoms with Gasteiger partial charge in [-0.15, -0.1) is 0 Å². The second-order valence-electron chi connectivity index (χ2n) is 5.90. The van der Waals surface area contributed by atoms with Gasteiger partial charge < -0.3 is 10.6 Å². The van der Waals surface area contributed by atoms with Crippen LogP contribution in [0.1, 0.15) is 12.8 Å². The standard InChI is InChI=1S/C12H25N3O2S/c1-14(7-8-18(2,16)17)12(10-13)4-6-15-5-3-11(12)9-15/h11H,3-10,13H2,1-2H3. The number of rotatable bonds is 5. The van der Waals surface area contributed by atoms with Crippen LogP contribution in [-0.4, -0.2) is 75.5 Å². The quantitative estimate of drug-likeness (QED) is 0.725. The van der Waals surface area contributed by atoms with Crippen molar-refractivity contribution in [2.75, 3.05) is 51.8 Å². The van der Waals surface area contributed by atoms with Gasteiger partial charge in [0.05, 0.1) is 5.75 Å². The normalized spacial score (nSPS) is 36.2. The van der Waals surface area contributed by atoms with E-state index in [1.807, 2.05) is 7.05 Å². The molecule has 6 heteroatoms. The van der Waals surface area contributed by atoms with E-state index in [1.54, 1.807) is 0 Å². The molecule has 106 valence electrons. The van der Waals surface area contributed by atoms with Crippen LogP contribution < -0.4 is 5.73 Å². The summed E-state index contributed by atoms with van der Waals surface area (Å²) in [6.45, 7) is 4.61. The van der Waals surface area contributed by atoms with Crippen LogP contribution in [0.15, 0.2) is 0 Å². The van der Waals surface area contributed by atoms with Gasteiger partial charge in [-0.3, -0.25) is 4.90 Å². The Morgan fingerprint density at radius 2 is 2.17 bits per heavy atom. The molecule has 5 nitrogen and oxygen atoms in total. The average molecular weight is 275 g/mol. The van der Waals surface area contributed by atoms with Crippen LogP contribution in [0.2, 0.25) is 0 Å². The smallest absolute Gasteiger partial charge is 0.148 e. The predicted octanol–water partition coefficient (Wildman–Crippen LogP) is -0.614. The lowest BCUT2D eigenvalue weighted by atomic mass is 9.77. The lowest BCUT2D eigenvalue weighted by Crippen LogP contribution is -2.61. The summed E-state index contributed by atoms with van der Waals surface area (Å²) >= 11 is 0. The first-order chi connectivity index (χ1) is 8.37. The van der Waals surface area contributed by atoms with Gasteiger partial charge in [0, 0.05) is 31.4 Å². The summed E-state index contributed by atoms with van der Waals surface area (Å²) in [7, 11) is -0.866. The van der Waals surface area contributed by atoms with Gasteiger partial charge in [-0.05, 0) is 38.9 Å². The fourth-order valence-corrected chi connectivity index (χ4v) is 4.09. The van der Waals surface area contributed by atoms with E-state index < -0.39 is 9.84 Å². The Bertz CT molecular complexity index is 398. The first-order valence-corrected chi connectivity index (χ1v) is 8.75. The van der Waals surface area contributed by atoms with Crippen molar-refractivity contribution in [2.45, 2.75) is 18.4 Å². The van der Waals surface area contributed by atoms with E-state index in [-0.39, 0.29) is 11.3 Å². The summed E-state index contributed by atoms with van der Waals surface area (Å²) in [4.78, 5) is 4.70. The van der Waals surface area contributed by atoms with Gasteiger partial charge >= 0.3 is 0 Å². The minimum atomic E-state index is -2.90. The lowest BCUT2D eigenvalue weighted by Gasteiger charge is -2.48. The van der Waals surface area contributed by atoms with Gasteiger partial charge in [-0.2, -0.15) is 0 Å². The van der Waals surface area contributed by atoms with E-state index in [0.29, 0.717) is 19.0 Å². The molecule has 0 aromatic rings. The molecule has 2 N–H and O–H groups in total. The molecule has 2 heterocycles. The molecule has 2 saturated heterocycles. The minimum absolute atomic E-state index is 0.0116. The lowest BCUT2D eigenvalue weighted by molar-refractivity contribution is 0.0310. The molecule has 0 aromatic heterocycles. The molecule has 0 saturated carbocycles. The molecule has 3 unspecified atom stereocenters. The molecule has 0 amide bonds. The molecule has 0 aromatic carbocycles. The Hall–Kier alpha value is -0.170. The molecular formula is C12H25N3O2S. The highest BCUT2D eigenvalue weighted by Gasteiger charge is 2.47. The zero-order valence-corrected chi connectivity index (χ0v) is 12.2. The van der Waals surface area contributed by atoms with Crippen molar-refractivity contribution in [3.8, 4) is 0 Å². The second-order valence-corrected chi connectivity index (χ2v) is 8.16. The van der Waals surface area contributed by atoms with E-state index in [9.17, 15) is 8.42 Å². The second kappa shape index (κ2) is 5.07. The van der Waals surface area contributed by atoms with Crippen LogP contribution in [0.3, 0.4) is 0 Å². The highest BCUT2D eigenvalue weighted by atomic mass is 32.2. The van der Waals surface area contributed by atoms with Crippen molar-refractivity contribution in [3.05, 3.63) is 0 Å². The molecule has 2 aliphatic rings. The third kappa shape index (κ3) is 2.71. The van der Waals surface area contributed by atoms with Crippen LogP contribution >= 0.6 is 0 Å². The number of fused-ring (bicyclic) bond motifs is 2. The summed E-state index contributed by atoms with van der Waals surface area (Å²) in [5, 5.41) is 0. The SMILES string of the molecule is CN(CCS(C)(=O)=O)C1(CN)CCN2CCC1C2. The van der Waals surface area contributed by atoms with Gasteiger partial charge in [0.15, 0.2) is 0 Å². The maximum atomic E-state index is 11.3. The Morgan fingerprint density at radius 3 is 2.78 bits per heavy atom. The molecule has 0 radical (unpaired) electrons. The Balaban J connectivity index is 2.07. The summed E-state index contributed by atoms with van der Waals surface area (Å²) in [5.41, 5.74) is 6.06. The topological polar surface area (TPSA) is 66.6 Å². The van der Waals surface area contributed by atoms with Gasteiger partial charge in [0.25, 0.3) is 0 Å². The first kappa shape index (κ1) is 14.2. The van der Waals surface area contributed by atoms with Gasteiger partial charge in [-0.1, -0.05) is 0 Å². The molecule has 2 aliphatic heterocycles. The van der Waals surface area contributed by atoms with E-state index >= 15 is 0 Å². The van der Waals surface area contributed by atoms with Crippen LogP contribution in [-0.2, 0) is 9.84 Å². The monoisotopic (exact) mass is 275 g/mol. The highest BCUT2D eigenvalue weighted by Crippen LogP contribution is 2.38. The maximum Gasteiger partial charge on any atom is 0.148 e. The summed E-state index contributed by atoms with van der Waals surface area (Å²) in [6, 6.07) is 0. The summed E-state index contributed by atoms with van der Waals surface area (Å²) < 4.78 is 22.6. The summed E-state index contributed by atoms with van der Waals surface area (Å²) in [6.07, 6.45) is 3.56. The van der Waals surface area contributed by atoms with Crippen LogP contribution in [0, 0.1) is 5.92 Å². The third-order valence-corrected chi connectivity index (χ3v) is 5.73. The van der Waals surface area contributed by atoms with Crippen molar-refractivity contribution in [1.29, 1.82) is 0 Å². The minimum Gasteiger partial charge on any atom is -0.329 e. The van der Waals surface area contributed by atoms with Crippen molar-refractivity contribution in [1.82, 2.24) is 9.80 Å². The van der Waals surface area contributed by atoms with E-state index in [2.05, 4.69) is 9.80 Å². The number of nitrogens with zero attached hydrogens (tertiary/aromatic N) is 2. The average Bonchev–Trinajstić information content (AvgIpc) is 2.70. The molecule has 3 atom stereocenters. The highest BCUT2D eigenvalue weighted by molar-refractivity contribution is 7.90. The number of hydrogen-bond donors (Lipinski definition) is 1. The largest absolute Gasteiger partial charge is 0.329 e. The molecule has 18 heavy (non-hydrogen) atoms. The van der Waals surface area contributed by atoms with Crippen molar-refractivity contribution in [2.24, 2.45) is 11.7 Å².